The van der Waals surface area contributed by atoms with Crippen LogP contribution in [0.15, 0.2) is 46.2 Å². The van der Waals surface area contributed by atoms with Crippen LogP contribution in [0.25, 0.3) is 0 Å². The number of amides is 1. The van der Waals surface area contributed by atoms with E-state index >= 15 is 0 Å². The lowest BCUT2D eigenvalue weighted by Gasteiger charge is -2.16. The molecule has 2 heterocycles. The Bertz CT molecular complexity index is 935. The fourth-order valence-electron chi connectivity index (χ4n) is 3.34. The van der Waals surface area contributed by atoms with Gasteiger partial charge in [0, 0.05) is 23.9 Å². The molecule has 1 amide bonds. The second-order valence-electron chi connectivity index (χ2n) is 6.58. The number of pyridine rings is 1. The molecule has 2 aromatic rings. The van der Waals surface area contributed by atoms with E-state index < -0.39 is 12.0 Å². The number of carboxylic acid groups (broad SMARTS) is 1. The van der Waals surface area contributed by atoms with Crippen LogP contribution in [-0.2, 0) is 11.3 Å². The molecule has 1 aromatic carbocycles. The highest BCUT2D eigenvalue weighted by Crippen LogP contribution is 2.48. The number of carbonyl (C=O) groups excluding carboxylic acids is 1. The molecule has 6 nitrogen and oxygen atoms in total. The van der Waals surface area contributed by atoms with Crippen LogP contribution in [0.5, 0.6) is 0 Å². The highest BCUT2D eigenvalue weighted by atomic mass is 32.2. The van der Waals surface area contributed by atoms with Crippen molar-refractivity contribution in [3.8, 4) is 0 Å². The van der Waals surface area contributed by atoms with E-state index in [-0.39, 0.29) is 18.0 Å². The molecule has 0 unspecified atom stereocenters. The lowest BCUT2D eigenvalue weighted by Crippen LogP contribution is -2.31. The van der Waals surface area contributed by atoms with Gasteiger partial charge in [-0.05, 0) is 42.0 Å². The maximum absolute atomic E-state index is 12.5. The molecule has 1 saturated carbocycles. The Morgan fingerprint density at radius 3 is 2.62 bits per heavy atom. The Morgan fingerprint density at radius 2 is 1.96 bits per heavy atom. The summed E-state index contributed by atoms with van der Waals surface area (Å²) >= 11 is 1.43. The molecule has 1 aliphatic carbocycles. The smallest absolute Gasteiger partial charge is 0.327 e. The molecule has 2 aliphatic rings. The van der Waals surface area contributed by atoms with Crippen LogP contribution in [-0.4, -0.2) is 27.3 Å². The van der Waals surface area contributed by atoms with Crippen molar-refractivity contribution in [2.24, 2.45) is 0 Å². The van der Waals surface area contributed by atoms with E-state index in [0.29, 0.717) is 17.2 Å². The molecule has 7 heteroatoms. The number of hydrogen-bond donors (Lipinski definition) is 2. The second-order valence-corrected chi connectivity index (χ2v) is 7.59. The lowest BCUT2D eigenvalue weighted by molar-refractivity contribution is -0.140. The Morgan fingerprint density at radius 1 is 1.23 bits per heavy atom. The summed E-state index contributed by atoms with van der Waals surface area (Å²) in [6, 6.07) is 9.60. The fraction of sp³-hybridized carbons (Fsp3) is 0.316. The third-order valence-corrected chi connectivity index (χ3v) is 5.94. The molecular weight excluding hydrogens is 352 g/mol. The summed E-state index contributed by atoms with van der Waals surface area (Å²) in [4.78, 5) is 36.3. The first-order valence-corrected chi connectivity index (χ1v) is 9.52. The zero-order valence-electron chi connectivity index (χ0n) is 14.0. The zero-order valence-corrected chi connectivity index (χ0v) is 14.8. The summed E-state index contributed by atoms with van der Waals surface area (Å²) in [5.41, 5.74) is 2.09. The first-order chi connectivity index (χ1) is 12.6. The quantitative estimate of drug-likeness (QED) is 0.844. The van der Waals surface area contributed by atoms with Crippen molar-refractivity contribution in [3.63, 3.8) is 0 Å². The highest BCUT2D eigenvalue weighted by molar-refractivity contribution is 7.99. The molecule has 26 heavy (non-hydrogen) atoms. The van der Waals surface area contributed by atoms with Gasteiger partial charge in [0.05, 0.1) is 5.03 Å². The Balaban J connectivity index is 1.65. The third-order valence-electron chi connectivity index (χ3n) is 4.77. The molecule has 2 N–H and O–H groups in total. The lowest BCUT2D eigenvalue weighted by atomic mass is 10.0. The third kappa shape index (κ3) is 3.03. The Hall–Kier alpha value is -2.54. The molecule has 4 rings (SSSR count). The SMILES string of the molecule is O=C(NCc1cc(=O)n2c(c1C1CC1)SC[C@H]2C(=O)O)c1ccccc1. The highest BCUT2D eigenvalue weighted by Gasteiger charge is 2.37. The summed E-state index contributed by atoms with van der Waals surface area (Å²) in [6.45, 7) is 0.265. The van der Waals surface area contributed by atoms with E-state index in [0.717, 1.165) is 29.0 Å². The van der Waals surface area contributed by atoms with Crippen LogP contribution >= 0.6 is 11.8 Å². The van der Waals surface area contributed by atoms with Crippen LogP contribution in [0.4, 0.5) is 0 Å². The number of hydrogen-bond acceptors (Lipinski definition) is 4. The van der Waals surface area contributed by atoms with Crippen LogP contribution in [0, 0.1) is 0 Å². The van der Waals surface area contributed by atoms with Crippen molar-refractivity contribution in [2.45, 2.75) is 36.4 Å². The number of aliphatic carboxylic acids is 1. The average Bonchev–Trinajstić information content (AvgIpc) is 3.37. The predicted octanol–water partition coefficient (Wildman–Crippen LogP) is 2.39. The van der Waals surface area contributed by atoms with E-state index in [1.54, 1.807) is 24.3 Å². The van der Waals surface area contributed by atoms with Crippen molar-refractivity contribution in [2.75, 3.05) is 5.75 Å². The first kappa shape index (κ1) is 16.9. The maximum atomic E-state index is 12.5. The van der Waals surface area contributed by atoms with Gasteiger partial charge in [-0.1, -0.05) is 18.2 Å². The van der Waals surface area contributed by atoms with Gasteiger partial charge in [-0.3, -0.25) is 14.2 Å². The van der Waals surface area contributed by atoms with Gasteiger partial charge >= 0.3 is 5.97 Å². The Kier molecular flexibility index (Phi) is 4.32. The number of benzene rings is 1. The summed E-state index contributed by atoms with van der Waals surface area (Å²) in [5.74, 6) is -0.459. The maximum Gasteiger partial charge on any atom is 0.327 e. The van der Waals surface area contributed by atoms with Gasteiger partial charge in [0.25, 0.3) is 11.5 Å². The second kappa shape index (κ2) is 6.64. The summed E-state index contributed by atoms with van der Waals surface area (Å²) in [6.07, 6.45) is 2.06. The standard InChI is InChI=1S/C19H18N2O4S/c22-15-8-13(9-20-17(23)12-4-2-1-3-5-12)16(11-6-7-11)18-21(15)14(10-26-18)19(24)25/h1-5,8,11,14H,6-7,9-10H2,(H,20,23)(H,24,25)/t14-/m0/s1. The minimum Gasteiger partial charge on any atom is -0.480 e. The molecule has 1 atom stereocenters. The van der Waals surface area contributed by atoms with E-state index in [4.69, 9.17) is 0 Å². The molecule has 0 spiro atoms. The molecular formula is C19H18N2O4S. The van der Waals surface area contributed by atoms with Crippen molar-refractivity contribution < 1.29 is 14.7 Å². The number of fused-ring (bicyclic) bond motifs is 1. The zero-order chi connectivity index (χ0) is 18.3. The Labute approximate surface area is 154 Å². The number of nitrogens with zero attached hydrogens (tertiary/aromatic N) is 1. The van der Waals surface area contributed by atoms with Crippen LogP contribution < -0.4 is 10.9 Å². The van der Waals surface area contributed by atoms with Crippen molar-refractivity contribution in [1.29, 1.82) is 0 Å². The molecule has 0 bridgehead atoms. The van der Waals surface area contributed by atoms with Crippen molar-refractivity contribution in [1.82, 2.24) is 9.88 Å². The summed E-state index contributed by atoms with van der Waals surface area (Å²) in [7, 11) is 0. The number of nitrogens with one attached hydrogen (secondary N) is 1. The summed E-state index contributed by atoms with van der Waals surface area (Å²) in [5, 5.41) is 13.0. The molecule has 134 valence electrons. The van der Waals surface area contributed by atoms with Gasteiger partial charge in [-0.25, -0.2) is 4.79 Å². The minimum absolute atomic E-state index is 0.191. The number of aromatic nitrogens is 1. The number of carboxylic acids is 1. The fourth-order valence-corrected chi connectivity index (χ4v) is 4.76. The van der Waals surface area contributed by atoms with Gasteiger partial charge in [-0.2, -0.15) is 0 Å². The molecule has 1 fully saturated rings. The first-order valence-electron chi connectivity index (χ1n) is 8.53. The van der Waals surface area contributed by atoms with Gasteiger partial charge in [-0.15, -0.1) is 11.8 Å². The van der Waals surface area contributed by atoms with Gasteiger partial charge in [0.15, 0.2) is 0 Å². The van der Waals surface area contributed by atoms with E-state index in [1.807, 2.05) is 6.07 Å². The predicted molar refractivity (Wildman–Crippen MR) is 97.7 cm³/mol. The van der Waals surface area contributed by atoms with E-state index in [9.17, 15) is 19.5 Å². The molecule has 1 aromatic heterocycles. The van der Waals surface area contributed by atoms with E-state index in [1.165, 1.54) is 22.4 Å². The largest absolute Gasteiger partial charge is 0.480 e. The topological polar surface area (TPSA) is 88.4 Å². The monoisotopic (exact) mass is 370 g/mol. The normalized spacial score (nSPS) is 18.4. The van der Waals surface area contributed by atoms with Crippen molar-refractivity contribution >= 4 is 23.6 Å². The molecule has 0 saturated heterocycles. The minimum atomic E-state index is -0.981. The van der Waals surface area contributed by atoms with Gasteiger partial charge in [0.2, 0.25) is 0 Å². The van der Waals surface area contributed by atoms with Crippen molar-refractivity contribution in [3.05, 3.63) is 63.4 Å². The van der Waals surface area contributed by atoms with Crippen LogP contribution in [0.2, 0.25) is 0 Å². The molecule has 0 radical (unpaired) electrons. The van der Waals surface area contributed by atoms with Crippen LogP contribution in [0.3, 0.4) is 0 Å². The van der Waals surface area contributed by atoms with Crippen LogP contribution in [0.1, 0.15) is 46.3 Å². The van der Waals surface area contributed by atoms with E-state index in [2.05, 4.69) is 5.32 Å². The number of thioether (sulfide) groups is 1. The van der Waals surface area contributed by atoms with Gasteiger partial charge < -0.3 is 10.4 Å². The molecule has 1 aliphatic heterocycles. The average molecular weight is 370 g/mol. The van der Waals surface area contributed by atoms with Gasteiger partial charge in [0.1, 0.15) is 6.04 Å². The number of rotatable bonds is 5. The summed E-state index contributed by atoms with van der Waals surface area (Å²) < 4.78 is 1.41. The number of carbonyl (C=O) groups is 2.